The Labute approximate surface area is 164 Å². The lowest BCUT2D eigenvalue weighted by atomic mass is 9.71. The van der Waals surface area contributed by atoms with Crippen LogP contribution in [0.4, 0.5) is 15.8 Å². The van der Waals surface area contributed by atoms with Crippen LogP contribution in [0.5, 0.6) is 0 Å². The predicted molar refractivity (Wildman–Crippen MR) is 103 cm³/mol. The molecule has 27 heavy (non-hydrogen) atoms. The second-order valence-electron chi connectivity index (χ2n) is 6.65. The average Bonchev–Trinajstić information content (AvgIpc) is 2.98. The van der Waals surface area contributed by atoms with Gasteiger partial charge in [-0.1, -0.05) is 0 Å². The van der Waals surface area contributed by atoms with E-state index >= 15 is 0 Å². The maximum atomic E-state index is 13.2. The molecule has 0 unspecified atom stereocenters. The summed E-state index contributed by atoms with van der Waals surface area (Å²) in [5.74, 6) is -0.935. The van der Waals surface area contributed by atoms with Gasteiger partial charge in [-0.05, 0) is 52.9 Å². The van der Waals surface area contributed by atoms with E-state index in [0.29, 0.717) is 30.6 Å². The molecule has 1 aliphatic carbocycles. The third kappa shape index (κ3) is 4.79. The number of aromatic nitrogens is 2. The highest BCUT2D eigenvalue weighted by Crippen LogP contribution is 2.37. The highest BCUT2D eigenvalue weighted by Gasteiger charge is 2.36. The van der Waals surface area contributed by atoms with E-state index in [1.54, 1.807) is 24.1 Å². The number of nitrogens with one attached hydrogen (secondary N) is 1. The van der Waals surface area contributed by atoms with E-state index in [1.807, 2.05) is 0 Å². The summed E-state index contributed by atoms with van der Waals surface area (Å²) >= 11 is 3.07. The number of nitrogens with zero attached hydrogens (tertiary/aromatic N) is 3. The Bertz CT molecular complexity index is 905. The molecule has 1 heterocycles. The lowest BCUT2D eigenvalue weighted by molar-refractivity contribution is -0.123. The van der Waals surface area contributed by atoms with Crippen LogP contribution in [0.15, 0.2) is 40.1 Å². The number of aryl methyl sites for hydroxylation is 1. The number of ketones is 1. The van der Waals surface area contributed by atoms with Crippen molar-refractivity contribution in [2.24, 2.45) is 29.6 Å². The number of anilines is 1. The number of aliphatic imine (C=N–C) groups is 1. The topological polar surface area (TPSA) is 102 Å². The highest BCUT2D eigenvalue weighted by atomic mass is 79.9. The van der Waals surface area contributed by atoms with Crippen LogP contribution in [0.3, 0.4) is 0 Å². The second kappa shape index (κ2) is 7.99. The summed E-state index contributed by atoms with van der Waals surface area (Å²) in [6.07, 6.45) is 4.85. The monoisotopic (exact) mass is 435 g/mol. The Hall–Kier alpha value is -2.55. The van der Waals surface area contributed by atoms with Crippen molar-refractivity contribution in [1.82, 2.24) is 9.78 Å². The lowest BCUT2D eigenvalue weighted by Crippen LogP contribution is -2.39. The molecule has 0 radical (unpaired) electrons. The number of Topliss-reactive ketones (excluding diaryl/α,β-unsaturated/α-hetero) is 1. The fourth-order valence-corrected chi connectivity index (χ4v) is 3.40. The van der Waals surface area contributed by atoms with Crippen molar-refractivity contribution in [3.63, 3.8) is 0 Å². The Balaban J connectivity index is 1.49. The molecule has 0 spiro atoms. The van der Waals surface area contributed by atoms with E-state index in [2.05, 4.69) is 31.3 Å². The predicted octanol–water partition coefficient (Wildman–Crippen LogP) is 2.93. The molecule has 1 aliphatic rings. The molecule has 9 heteroatoms. The quantitative estimate of drug-likeness (QED) is 0.537. The number of amidine groups is 1. The first kappa shape index (κ1) is 19.2. The number of carbonyl (C=O) groups is 2. The van der Waals surface area contributed by atoms with Crippen LogP contribution in [0.1, 0.15) is 19.3 Å². The summed E-state index contributed by atoms with van der Waals surface area (Å²) in [5.41, 5.74) is 6.85. The molecular weight excluding hydrogens is 417 g/mol. The van der Waals surface area contributed by atoms with Gasteiger partial charge in [-0.15, -0.1) is 0 Å². The third-order valence-corrected chi connectivity index (χ3v) is 5.08. The number of hydrogen-bond acceptors (Lipinski definition) is 4. The van der Waals surface area contributed by atoms with Gasteiger partial charge in [-0.3, -0.25) is 14.3 Å². The second-order valence-corrected chi connectivity index (χ2v) is 7.50. The lowest BCUT2D eigenvalue weighted by Gasteiger charge is -2.33. The molecule has 0 atom stereocenters. The Morgan fingerprint density at radius 3 is 2.81 bits per heavy atom. The zero-order valence-electron chi connectivity index (χ0n) is 14.7. The molecule has 0 bridgehead atoms. The molecule has 1 aromatic heterocycles. The normalized spacial score (nSPS) is 19.4. The van der Waals surface area contributed by atoms with Crippen molar-refractivity contribution in [3.05, 3.63) is 40.9 Å². The number of nitrogens with two attached hydrogens (primary N) is 1. The van der Waals surface area contributed by atoms with Crippen LogP contribution in [0.2, 0.25) is 0 Å². The molecule has 1 fully saturated rings. The Morgan fingerprint density at radius 2 is 2.19 bits per heavy atom. The van der Waals surface area contributed by atoms with E-state index in [0.717, 1.165) is 0 Å². The smallest absolute Gasteiger partial charge is 0.224 e. The van der Waals surface area contributed by atoms with Crippen molar-refractivity contribution in [3.8, 4) is 0 Å². The number of rotatable bonds is 6. The Kier molecular flexibility index (Phi) is 5.69. The van der Waals surface area contributed by atoms with Crippen molar-refractivity contribution in [1.29, 1.82) is 0 Å². The molecule has 3 N–H and O–H groups in total. The molecule has 3 rings (SSSR count). The van der Waals surface area contributed by atoms with Gasteiger partial charge in [0.1, 0.15) is 5.82 Å². The summed E-state index contributed by atoms with van der Waals surface area (Å²) in [5, 5.41) is 6.77. The van der Waals surface area contributed by atoms with E-state index in [-0.39, 0.29) is 33.8 Å². The van der Waals surface area contributed by atoms with Crippen LogP contribution in [-0.2, 0) is 16.6 Å². The van der Waals surface area contributed by atoms with Crippen LogP contribution < -0.4 is 11.1 Å². The van der Waals surface area contributed by atoms with Crippen LogP contribution in [0.25, 0.3) is 0 Å². The van der Waals surface area contributed by atoms with Gasteiger partial charge in [-0.2, -0.15) is 5.10 Å². The number of halogens is 2. The molecule has 7 nitrogen and oxygen atoms in total. The molecule has 2 aromatic rings. The highest BCUT2D eigenvalue weighted by molar-refractivity contribution is 9.10. The number of hydrogen-bond donors (Lipinski definition) is 2. The molecule has 0 saturated heterocycles. The summed E-state index contributed by atoms with van der Waals surface area (Å²) in [4.78, 5) is 28.4. The molecule has 1 saturated carbocycles. The molecule has 142 valence electrons. The van der Waals surface area contributed by atoms with Crippen molar-refractivity contribution in [2.75, 3.05) is 5.32 Å². The third-order valence-electron chi connectivity index (χ3n) is 4.47. The van der Waals surface area contributed by atoms with Crippen LogP contribution in [-0.4, -0.2) is 27.3 Å². The van der Waals surface area contributed by atoms with Crippen molar-refractivity contribution in [2.45, 2.75) is 19.3 Å². The first-order valence-electron chi connectivity index (χ1n) is 8.43. The summed E-state index contributed by atoms with van der Waals surface area (Å²) in [6, 6.07) is 4.16. The maximum absolute atomic E-state index is 13.2. The standard InChI is InChI=1S/C18H19BrFN5O2/c1-25-9-13(8-22-25)23-16(26)6-10-4-11(5-10)17(27)18(21)24-12-2-3-15(20)14(19)7-12/h2-3,7-11H,4-6H2,1H3,(H2,21,24)(H,23,26). The first-order chi connectivity index (χ1) is 12.8. The van der Waals surface area contributed by atoms with Crippen molar-refractivity contribution >= 4 is 44.8 Å². The molecule has 1 amide bonds. The minimum Gasteiger partial charge on any atom is -0.381 e. The van der Waals surface area contributed by atoms with Gasteiger partial charge >= 0.3 is 0 Å². The van der Waals surface area contributed by atoms with Crippen LogP contribution in [0, 0.1) is 17.7 Å². The van der Waals surface area contributed by atoms with Gasteiger partial charge in [0.25, 0.3) is 0 Å². The van der Waals surface area contributed by atoms with Crippen LogP contribution >= 0.6 is 15.9 Å². The van der Waals surface area contributed by atoms with Gasteiger partial charge in [0.05, 0.1) is 22.0 Å². The molecule has 1 aromatic carbocycles. The SMILES string of the molecule is Cn1cc(NC(=O)CC2CC(C(=O)C(N)=Nc3ccc(F)c(Br)c3)C2)cn1. The Morgan fingerprint density at radius 1 is 1.44 bits per heavy atom. The van der Waals surface area contributed by atoms with E-state index < -0.39 is 5.82 Å². The van der Waals surface area contributed by atoms with E-state index in [9.17, 15) is 14.0 Å². The summed E-state index contributed by atoms with van der Waals surface area (Å²) < 4.78 is 15.1. The van der Waals surface area contributed by atoms with Gasteiger partial charge in [0.2, 0.25) is 11.7 Å². The zero-order valence-corrected chi connectivity index (χ0v) is 16.2. The maximum Gasteiger partial charge on any atom is 0.224 e. The van der Waals surface area contributed by atoms with E-state index in [4.69, 9.17) is 5.73 Å². The number of benzene rings is 1. The first-order valence-corrected chi connectivity index (χ1v) is 9.23. The van der Waals surface area contributed by atoms with Gasteiger partial charge < -0.3 is 11.1 Å². The van der Waals surface area contributed by atoms with Crippen molar-refractivity contribution < 1.29 is 14.0 Å². The average molecular weight is 436 g/mol. The number of amides is 1. The van der Waals surface area contributed by atoms with Gasteiger partial charge in [0.15, 0.2) is 5.84 Å². The summed E-state index contributed by atoms with van der Waals surface area (Å²) in [7, 11) is 1.77. The summed E-state index contributed by atoms with van der Waals surface area (Å²) in [6.45, 7) is 0. The fourth-order valence-electron chi connectivity index (χ4n) is 3.03. The number of carbonyl (C=O) groups excluding carboxylic acids is 2. The fraction of sp³-hybridized carbons (Fsp3) is 0.333. The zero-order chi connectivity index (χ0) is 19.6. The molecule has 0 aliphatic heterocycles. The van der Waals surface area contributed by atoms with E-state index in [1.165, 1.54) is 18.2 Å². The van der Waals surface area contributed by atoms with Gasteiger partial charge in [-0.25, -0.2) is 9.38 Å². The minimum absolute atomic E-state index is 0.100. The largest absolute Gasteiger partial charge is 0.381 e. The minimum atomic E-state index is -0.412. The molecular formula is C18H19BrFN5O2. The van der Waals surface area contributed by atoms with Gasteiger partial charge in [0, 0.05) is 25.6 Å².